The quantitative estimate of drug-likeness (QED) is 0.221. The number of likely N-dealkylation sites (tertiary alicyclic amines) is 1. The Balaban J connectivity index is 1.49. The Hall–Kier alpha value is -2.11. The SMILES string of the molecule is Cc1cc(-c2ccnc3cc(CN4C(=O)C(C)C(C)(C)C4=O)sc23)c(O[C@H]2CCCN(I)C2)cn1. The number of hydrogen-bond donors (Lipinski definition) is 0. The normalized spacial score (nSPS) is 22.8. The van der Waals surface area contributed by atoms with Crippen LogP contribution in [0.4, 0.5) is 0 Å². The Kier molecular flexibility index (Phi) is 6.60. The first-order valence-electron chi connectivity index (χ1n) is 11.9. The van der Waals surface area contributed by atoms with Gasteiger partial charge < -0.3 is 4.74 Å². The number of nitrogens with zero attached hydrogens (tertiary/aromatic N) is 4. The van der Waals surface area contributed by atoms with Crippen LogP contribution in [0.3, 0.4) is 0 Å². The van der Waals surface area contributed by atoms with Crippen LogP contribution in [0.15, 0.2) is 30.6 Å². The maximum Gasteiger partial charge on any atom is 0.235 e. The van der Waals surface area contributed by atoms with Crippen LogP contribution in [0.2, 0.25) is 0 Å². The van der Waals surface area contributed by atoms with Gasteiger partial charge in [0.05, 0.1) is 28.4 Å². The van der Waals surface area contributed by atoms with Crippen molar-refractivity contribution in [2.45, 2.75) is 53.2 Å². The Morgan fingerprint density at radius 3 is 2.74 bits per heavy atom. The van der Waals surface area contributed by atoms with Crippen LogP contribution >= 0.6 is 34.2 Å². The molecule has 0 radical (unpaired) electrons. The van der Waals surface area contributed by atoms with Gasteiger partial charge in [-0.05, 0) is 38.0 Å². The standard InChI is InChI=1S/C26H29IN4O3S/c1-15-10-20(22(12-29-15)34-17-6-5-9-30(27)13-17)19-7-8-28-21-11-18(35-23(19)21)14-31-24(32)16(2)26(3,4)25(31)33/h7-8,10-12,16-17H,5-6,9,13-14H2,1-4H3/t16?,17-/m0/s1. The predicted molar refractivity (Wildman–Crippen MR) is 145 cm³/mol. The van der Waals surface area contributed by atoms with E-state index in [2.05, 4.69) is 42.0 Å². The van der Waals surface area contributed by atoms with Crippen molar-refractivity contribution in [2.75, 3.05) is 13.1 Å². The van der Waals surface area contributed by atoms with E-state index in [9.17, 15) is 9.59 Å². The number of fused-ring (bicyclic) bond motifs is 1. The van der Waals surface area contributed by atoms with E-state index >= 15 is 0 Å². The summed E-state index contributed by atoms with van der Waals surface area (Å²) in [7, 11) is 0. The largest absolute Gasteiger partial charge is 0.487 e. The summed E-state index contributed by atoms with van der Waals surface area (Å²) in [5.41, 5.74) is 3.11. The van der Waals surface area contributed by atoms with Crippen LogP contribution < -0.4 is 4.74 Å². The van der Waals surface area contributed by atoms with Crippen molar-refractivity contribution in [1.82, 2.24) is 18.0 Å². The van der Waals surface area contributed by atoms with E-state index in [0.29, 0.717) is 0 Å². The summed E-state index contributed by atoms with van der Waals surface area (Å²) < 4.78 is 9.76. The third-order valence-corrected chi connectivity index (χ3v) is 9.23. The van der Waals surface area contributed by atoms with Gasteiger partial charge in [0.25, 0.3) is 0 Å². The lowest BCUT2D eigenvalue weighted by Gasteiger charge is -2.29. The summed E-state index contributed by atoms with van der Waals surface area (Å²) in [6, 6.07) is 6.06. The zero-order valence-corrected chi connectivity index (χ0v) is 23.4. The summed E-state index contributed by atoms with van der Waals surface area (Å²) in [5, 5.41) is 0. The third-order valence-electron chi connectivity index (χ3n) is 7.21. The lowest BCUT2D eigenvalue weighted by Crippen LogP contribution is -2.35. The molecule has 2 aliphatic rings. The van der Waals surface area contributed by atoms with Gasteiger partial charge in [-0.25, -0.2) is 3.11 Å². The maximum absolute atomic E-state index is 12.9. The van der Waals surface area contributed by atoms with Crippen molar-refractivity contribution in [1.29, 1.82) is 0 Å². The number of aromatic nitrogens is 2. The van der Waals surface area contributed by atoms with Crippen LogP contribution in [0, 0.1) is 18.3 Å². The van der Waals surface area contributed by atoms with Gasteiger partial charge in [0, 0.05) is 69.8 Å². The molecule has 2 saturated heterocycles. The van der Waals surface area contributed by atoms with E-state index in [0.717, 1.165) is 63.6 Å². The number of rotatable bonds is 5. The van der Waals surface area contributed by atoms with Crippen molar-refractivity contribution in [3.8, 4) is 16.9 Å². The molecule has 0 aliphatic carbocycles. The maximum atomic E-state index is 12.9. The highest BCUT2D eigenvalue weighted by Crippen LogP contribution is 2.41. The molecular weight excluding hydrogens is 575 g/mol. The number of carbonyl (C=O) groups excluding carboxylic acids is 2. The van der Waals surface area contributed by atoms with Gasteiger partial charge >= 0.3 is 0 Å². The molecular formula is C26H29IN4O3S. The molecule has 2 atom stereocenters. The van der Waals surface area contributed by atoms with Crippen molar-refractivity contribution in [2.24, 2.45) is 11.3 Å². The van der Waals surface area contributed by atoms with Crippen LogP contribution in [0.25, 0.3) is 21.3 Å². The second-order valence-electron chi connectivity index (χ2n) is 10.0. The molecule has 7 nitrogen and oxygen atoms in total. The Bertz CT molecular complexity index is 1310. The van der Waals surface area contributed by atoms with Gasteiger partial charge in [0.15, 0.2) is 0 Å². The van der Waals surface area contributed by atoms with E-state index in [4.69, 9.17) is 4.74 Å². The summed E-state index contributed by atoms with van der Waals surface area (Å²) in [6.45, 7) is 9.75. The third kappa shape index (κ3) is 4.58. The molecule has 0 bridgehead atoms. The highest BCUT2D eigenvalue weighted by Gasteiger charge is 2.51. The number of hydrogen-bond acceptors (Lipinski definition) is 7. The smallest absolute Gasteiger partial charge is 0.235 e. The molecule has 35 heavy (non-hydrogen) atoms. The summed E-state index contributed by atoms with van der Waals surface area (Å²) >= 11 is 3.94. The first-order chi connectivity index (χ1) is 16.6. The molecule has 0 N–H and O–H groups in total. The molecule has 184 valence electrons. The second-order valence-corrected chi connectivity index (χ2v) is 12.5. The fourth-order valence-corrected chi connectivity index (χ4v) is 6.69. The summed E-state index contributed by atoms with van der Waals surface area (Å²) in [5.74, 6) is 0.229. The van der Waals surface area contributed by atoms with Crippen LogP contribution in [0.5, 0.6) is 5.75 Å². The van der Waals surface area contributed by atoms with Gasteiger partial charge in [-0.3, -0.25) is 24.5 Å². The lowest BCUT2D eigenvalue weighted by atomic mass is 9.82. The molecule has 0 saturated carbocycles. The Morgan fingerprint density at radius 2 is 2.03 bits per heavy atom. The number of piperidine rings is 1. The van der Waals surface area contributed by atoms with Crippen LogP contribution in [-0.4, -0.2) is 49.0 Å². The molecule has 3 aromatic heterocycles. The Morgan fingerprint density at radius 1 is 1.23 bits per heavy atom. The average Bonchev–Trinajstić information content (AvgIpc) is 3.30. The number of imide groups is 1. The van der Waals surface area contributed by atoms with Crippen LogP contribution in [-0.2, 0) is 16.1 Å². The molecule has 2 amide bonds. The zero-order chi connectivity index (χ0) is 24.9. The fraction of sp³-hybridized carbons (Fsp3) is 0.462. The number of pyridine rings is 2. The number of amides is 2. The molecule has 2 aliphatic heterocycles. The molecule has 0 spiro atoms. The first kappa shape index (κ1) is 24.6. The first-order valence-corrected chi connectivity index (χ1v) is 13.7. The van der Waals surface area contributed by atoms with Gasteiger partial charge in [-0.2, -0.15) is 0 Å². The van der Waals surface area contributed by atoms with E-state index in [1.165, 1.54) is 4.90 Å². The molecule has 2 fully saturated rings. The van der Waals surface area contributed by atoms with Crippen molar-refractivity contribution in [3.05, 3.63) is 41.2 Å². The zero-order valence-electron chi connectivity index (χ0n) is 20.4. The van der Waals surface area contributed by atoms with Crippen LogP contribution in [0.1, 0.15) is 44.2 Å². The topological polar surface area (TPSA) is 75.6 Å². The Labute approximate surface area is 223 Å². The summed E-state index contributed by atoms with van der Waals surface area (Å²) in [4.78, 5) is 37.1. The van der Waals surface area contributed by atoms with E-state index < -0.39 is 5.41 Å². The number of thiophene rings is 1. The minimum Gasteiger partial charge on any atom is -0.487 e. The molecule has 5 heterocycles. The highest BCUT2D eigenvalue weighted by atomic mass is 127. The monoisotopic (exact) mass is 604 g/mol. The fourth-order valence-electron chi connectivity index (χ4n) is 4.78. The number of ether oxygens (including phenoxy) is 1. The highest BCUT2D eigenvalue weighted by molar-refractivity contribution is 14.1. The van der Waals surface area contributed by atoms with E-state index in [1.54, 1.807) is 17.5 Å². The summed E-state index contributed by atoms with van der Waals surface area (Å²) in [6.07, 6.45) is 5.88. The number of carbonyl (C=O) groups is 2. The van der Waals surface area contributed by atoms with E-state index in [-0.39, 0.29) is 30.4 Å². The molecule has 9 heteroatoms. The predicted octanol–water partition coefficient (Wildman–Crippen LogP) is 5.39. The van der Waals surface area contributed by atoms with E-state index in [1.807, 2.05) is 46.0 Å². The minimum absolute atomic E-state index is 0.108. The minimum atomic E-state index is -0.676. The lowest BCUT2D eigenvalue weighted by molar-refractivity contribution is -0.141. The number of aryl methyl sites for hydroxylation is 1. The van der Waals surface area contributed by atoms with Crippen molar-refractivity contribution < 1.29 is 14.3 Å². The molecule has 0 aromatic carbocycles. The van der Waals surface area contributed by atoms with Gasteiger partial charge in [-0.1, -0.05) is 20.8 Å². The number of halogens is 1. The average molecular weight is 605 g/mol. The molecule has 3 aromatic rings. The van der Waals surface area contributed by atoms with Crippen molar-refractivity contribution in [3.63, 3.8) is 0 Å². The van der Waals surface area contributed by atoms with Crippen molar-refractivity contribution >= 4 is 56.2 Å². The van der Waals surface area contributed by atoms with Gasteiger partial charge in [-0.15, -0.1) is 11.3 Å². The van der Waals surface area contributed by atoms with Gasteiger partial charge in [0.1, 0.15) is 11.9 Å². The van der Waals surface area contributed by atoms with Gasteiger partial charge in [0.2, 0.25) is 11.8 Å². The molecule has 5 rings (SSSR count). The molecule has 1 unspecified atom stereocenters. The second kappa shape index (κ2) is 9.40.